The number of aryl methyl sites for hydroxylation is 1. The number of Topliss-reactive ketones (excluding diaryl/α,β-unsaturated/α-hetero) is 2. The van der Waals surface area contributed by atoms with Gasteiger partial charge in [-0.25, -0.2) is 0 Å². The Labute approximate surface area is 502 Å². The molecule has 0 bridgehead atoms. The summed E-state index contributed by atoms with van der Waals surface area (Å²) in [5.74, 6) is -4.58. The first kappa shape index (κ1) is 85.7. The van der Waals surface area contributed by atoms with Crippen molar-refractivity contribution in [2.45, 2.75) is 173 Å². The summed E-state index contributed by atoms with van der Waals surface area (Å²) in [5.41, 5.74) is 6.46. The van der Waals surface area contributed by atoms with Gasteiger partial charge in [-0.05, 0) is 88.3 Å². The number of thioether (sulfide) groups is 1. The van der Waals surface area contributed by atoms with Crippen LogP contribution < -0.4 is 21.1 Å². The third-order valence-corrected chi connectivity index (χ3v) is 10.7. The minimum Gasteiger partial charge on any atom is -0.497 e. The fraction of sp³-hybridized carbons (Fsp3) is 0.717. The van der Waals surface area contributed by atoms with Crippen molar-refractivity contribution in [2.24, 2.45) is 29.4 Å². The Kier molecular flexibility index (Phi) is 54.4. The van der Waals surface area contributed by atoms with Gasteiger partial charge in [-0.3, -0.25) is 52.7 Å². The topological polar surface area (TPSA) is 299 Å². The SMILES string of the molecule is CC.CC(=O)C(=O)N1CCCC1C(=O)N(C)CC(=O)NC(COC(=O)CN(C)C=O)C(N)=O.CC(C)C.CC(C)C.CCC.CCC(C)CC(O)CC(=O)OCC(=O)C(C)C(=O)NCC(=O)N1CCCC1.COc1ccc(C)cc1.CSC. The number of aliphatic hydroxyl groups excluding tert-OH is 1. The fourth-order valence-electron chi connectivity index (χ4n) is 6.37. The Morgan fingerprint density at radius 2 is 1.33 bits per heavy atom. The number of aliphatic hydroxyl groups is 1. The average molecular weight is 1200 g/mol. The van der Waals surface area contributed by atoms with Crippen LogP contribution in [0.5, 0.6) is 5.75 Å². The molecule has 480 valence electrons. The summed E-state index contributed by atoms with van der Waals surface area (Å²) in [5, 5.41) is 14.5. The molecule has 5 N–H and O–H groups in total. The van der Waals surface area contributed by atoms with E-state index in [0.717, 1.165) is 53.6 Å². The molecule has 22 nitrogen and oxygen atoms in total. The molecule has 0 radical (unpaired) electrons. The van der Waals surface area contributed by atoms with Crippen molar-refractivity contribution < 1.29 is 72.1 Å². The van der Waals surface area contributed by atoms with E-state index in [1.807, 2.05) is 64.5 Å². The monoisotopic (exact) mass is 1200 g/mol. The summed E-state index contributed by atoms with van der Waals surface area (Å²) >= 11 is 1.75. The number of rotatable bonds is 23. The molecule has 7 amide bonds. The van der Waals surface area contributed by atoms with Crippen LogP contribution in [-0.2, 0) is 62.2 Å². The number of hydrogen-bond acceptors (Lipinski definition) is 16. The van der Waals surface area contributed by atoms with Crippen molar-refractivity contribution in [3.63, 3.8) is 0 Å². The molecule has 0 aliphatic carbocycles. The zero-order chi connectivity index (χ0) is 65.4. The molecular weight excluding hydrogens is 1090 g/mol. The van der Waals surface area contributed by atoms with Gasteiger partial charge in [0.2, 0.25) is 41.7 Å². The molecular formula is C60H109N7O15S. The van der Waals surface area contributed by atoms with Crippen molar-refractivity contribution in [3.05, 3.63) is 29.8 Å². The number of nitrogens with one attached hydrogen (secondary N) is 2. The minimum absolute atomic E-state index is 0.141. The molecule has 2 heterocycles. The average Bonchev–Trinajstić information content (AvgIpc) is 4.16. The molecule has 3 rings (SSSR count). The van der Waals surface area contributed by atoms with Crippen LogP contribution in [0, 0.1) is 30.6 Å². The molecule has 0 saturated carbocycles. The highest BCUT2D eigenvalue weighted by Gasteiger charge is 2.37. The summed E-state index contributed by atoms with van der Waals surface area (Å²) in [4.78, 5) is 134. The summed E-state index contributed by atoms with van der Waals surface area (Å²) in [6, 6.07) is 5.77. The number of methoxy groups -OCH3 is 1. The number of ether oxygens (including phenoxy) is 3. The molecule has 83 heavy (non-hydrogen) atoms. The number of likely N-dealkylation sites (tertiary alicyclic amines) is 2. The zero-order valence-electron chi connectivity index (χ0n) is 54.2. The highest BCUT2D eigenvalue weighted by Crippen LogP contribution is 2.20. The second-order valence-corrected chi connectivity index (χ2v) is 21.8. The number of amides is 7. The zero-order valence-corrected chi connectivity index (χ0v) is 55.0. The van der Waals surface area contributed by atoms with Crippen molar-refractivity contribution >= 4 is 77.1 Å². The number of nitrogens with two attached hydrogens (primary N) is 1. The van der Waals surface area contributed by atoms with Crippen molar-refractivity contribution in [2.75, 3.05) is 86.2 Å². The summed E-state index contributed by atoms with van der Waals surface area (Å²) in [7, 11) is 4.36. The van der Waals surface area contributed by atoms with Crippen LogP contribution in [0.2, 0.25) is 0 Å². The molecule has 2 saturated heterocycles. The van der Waals surface area contributed by atoms with Gasteiger partial charge in [0.1, 0.15) is 31.0 Å². The summed E-state index contributed by atoms with van der Waals surface area (Å²) in [6.45, 7) is 29.4. The Balaban J connectivity index is -0.000000348. The Morgan fingerprint density at radius 1 is 0.819 bits per heavy atom. The quantitative estimate of drug-likeness (QED) is 0.0420. The van der Waals surface area contributed by atoms with Gasteiger partial charge in [-0.1, -0.05) is 114 Å². The van der Waals surface area contributed by atoms with E-state index >= 15 is 0 Å². The number of carbonyl (C=O) groups is 11. The normalized spacial score (nSPS) is 13.9. The first-order chi connectivity index (χ1) is 38.8. The molecule has 0 aromatic heterocycles. The van der Waals surface area contributed by atoms with Crippen LogP contribution >= 0.6 is 11.8 Å². The molecule has 23 heteroatoms. The molecule has 1 aromatic rings. The minimum atomic E-state index is -1.34. The Bertz CT molecular complexity index is 1990. The van der Waals surface area contributed by atoms with E-state index in [1.165, 1.54) is 37.9 Å². The number of likely N-dealkylation sites (N-methyl/N-ethyl adjacent to an activating group) is 2. The van der Waals surface area contributed by atoms with Crippen LogP contribution in [0.25, 0.3) is 0 Å². The van der Waals surface area contributed by atoms with E-state index in [2.05, 4.69) is 72.9 Å². The summed E-state index contributed by atoms with van der Waals surface area (Å²) < 4.78 is 14.7. The molecule has 2 aliphatic heterocycles. The first-order valence-electron chi connectivity index (χ1n) is 28.7. The van der Waals surface area contributed by atoms with Crippen molar-refractivity contribution in [1.29, 1.82) is 0 Å². The lowest BCUT2D eigenvalue weighted by molar-refractivity contribution is -0.152. The summed E-state index contributed by atoms with van der Waals surface area (Å²) in [6.07, 6.45) is 8.99. The third kappa shape index (κ3) is 47.0. The smallest absolute Gasteiger partial charge is 0.325 e. The number of hydrogen-bond donors (Lipinski definition) is 4. The maximum atomic E-state index is 12.6. The van der Waals surface area contributed by atoms with Crippen LogP contribution in [-0.4, -0.2) is 194 Å². The molecule has 0 spiro atoms. The van der Waals surface area contributed by atoms with E-state index in [4.69, 9.17) is 19.9 Å². The number of benzene rings is 1. The lowest BCUT2D eigenvalue weighted by Crippen LogP contribution is -2.53. The van der Waals surface area contributed by atoms with Crippen LogP contribution in [0.1, 0.15) is 154 Å². The van der Waals surface area contributed by atoms with Gasteiger partial charge in [0.25, 0.3) is 5.91 Å². The maximum absolute atomic E-state index is 12.6. The van der Waals surface area contributed by atoms with Crippen molar-refractivity contribution in [1.82, 2.24) is 30.2 Å². The second kappa shape index (κ2) is 52.7. The largest absolute Gasteiger partial charge is 0.497 e. The number of nitrogens with zero attached hydrogens (tertiary/aromatic N) is 4. The third-order valence-electron chi connectivity index (χ3n) is 10.7. The number of ketones is 2. The lowest BCUT2D eigenvalue weighted by Gasteiger charge is -2.27. The molecule has 5 atom stereocenters. The fourth-order valence-corrected chi connectivity index (χ4v) is 6.37. The highest BCUT2D eigenvalue weighted by molar-refractivity contribution is 7.97. The van der Waals surface area contributed by atoms with Gasteiger partial charge >= 0.3 is 11.9 Å². The lowest BCUT2D eigenvalue weighted by atomic mass is 9.99. The van der Waals surface area contributed by atoms with Crippen molar-refractivity contribution in [3.8, 4) is 5.75 Å². The van der Waals surface area contributed by atoms with E-state index in [9.17, 15) is 57.8 Å². The van der Waals surface area contributed by atoms with Gasteiger partial charge < -0.3 is 55.3 Å². The molecule has 2 fully saturated rings. The predicted molar refractivity (Wildman–Crippen MR) is 328 cm³/mol. The Hall–Kier alpha value is -6.10. The maximum Gasteiger partial charge on any atom is 0.325 e. The Morgan fingerprint density at radius 3 is 1.77 bits per heavy atom. The van der Waals surface area contributed by atoms with Crippen LogP contribution in [0.15, 0.2) is 24.3 Å². The van der Waals surface area contributed by atoms with Gasteiger partial charge in [0.05, 0.1) is 38.6 Å². The molecule has 5 unspecified atom stereocenters. The molecule has 1 aromatic carbocycles. The van der Waals surface area contributed by atoms with Gasteiger partial charge in [0, 0.05) is 40.7 Å². The number of carbonyl (C=O) groups excluding carboxylic acids is 11. The van der Waals surface area contributed by atoms with E-state index in [0.29, 0.717) is 44.7 Å². The van der Waals surface area contributed by atoms with E-state index < -0.39 is 96.9 Å². The van der Waals surface area contributed by atoms with E-state index in [1.54, 1.807) is 23.8 Å². The van der Waals surface area contributed by atoms with Crippen LogP contribution in [0.3, 0.4) is 0 Å². The standard InChI is InChI=1S/C19H32N2O6.C18H27N5O8.C8H10O.2C4H10.C3H8.C2H6S.C2H6/c1-4-13(2)9-15(22)10-18(25)27-12-16(23)14(3)19(26)20-11-17(24)21-7-5-6-8-21;1-11(25)17(29)23-6-4-5-13(23)18(30)22(3)7-14(26)20-12(16(19)28)9-31-15(27)8-21(2)10-24;1-7-3-5-8(9-2)6-4-7;2*1-4(2)3;2*1-3-2;1-2/h13-15,22H,4-12H2,1-3H3,(H,20,26);10,12-13H,4-9H2,1-3H3,(H2,19,28)(H,20,26);3-6H,1-2H3;2*4H,1-3H3;3H2,1-2H3;1-2H3;1-2H3. The number of esters is 2. The van der Waals surface area contributed by atoms with Crippen LogP contribution in [0.4, 0.5) is 0 Å². The van der Waals surface area contributed by atoms with Gasteiger partial charge in [-0.15, -0.1) is 0 Å². The number of primary amides is 1. The van der Waals surface area contributed by atoms with E-state index in [-0.39, 0.29) is 32.0 Å². The second-order valence-electron chi connectivity index (χ2n) is 21.0. The first-order valence-corrected chi connectivity index (χ1v) is 30.4. The molecule has 2 aliphatic rings. The highest BCUT2D eigenvalue weighted by atomic mass is 32.2. The predicted octanol–water partition coefficient (Wildman–Crippen LogP) is 6.04. The van der Waals surface area contributed by atoms with Gasteiger partial charge in [-0.2, -0.15) is 11.8 Å². The van der Waals surface area contributed by atoms with Gasteiger partial charge in [0.15, 0.2) is 12.4 Å².